The molecule has 3 aromatic heterocycles. The molecule has 0 fully saturated rings. The Hall–Kier alpha value is -3.88. The predicted molar refractivity (Wildman–Crippen MR) is 113 cm³/mol. The summed E-state index contributed by atoms with van der Waals surface area (Å²) in [5.41, 5.74) is 2.88. The molecule has 9 nitrogen and oxygen atoms in total. The first kappa shape index (κ1) is 19.4. The van der Waals surface area contributed by atoms with E-state index in [1.807, 2.05) is 36.5 Å². The zero-order valence-electron chi connectivity index (χ0n) is 16.7. The van der Waals surface area contributed by atoms with Crippen molar-refractivity contribution >= 4 is 16.9 Å². The van der Waals surface area contributed by atoms with Crippen molar-refractivity contribution in [3.8, 4) is 5.69 Å². The largest absolute Gasteiger partial charge is 0.352 e. The molecule has 9 heteroatoms. The van der Waals surface area contributed by atoms with Gasteiger partial charge >= 0.3 is 0 Å². The van der Waals surface area contributed by atoms with E-state index in [0.29, 0.717) is 28.7 Å². The molecule has 0 aliphatic heterocycles. The lowest BCUT2D eigenvalue weighted by Crippen LogP contribution is -2.25. The Kier molecular flexibility index (Phi) is 5.09. The number of fused-ring (bicyclic) bond motifs is 1. The number of aromatic amines is 2. The molecule has 0 saturated carbocycles. The van der Waals surface area contributed by atoms with Gasteiger partial charge in [-0.3, -0.25) is 24.2 Å². The van der Waals surface area contributed by atoms with Gasteiger partial charge < -0.3 is 10.3 Å². The molecule has 3 N–H and O–H groups in total. The summed E-state index contributed by atoms with van der Waals surface area (Å²) in [4.78, 5) is 39.5. The fraction of sp³-hybridized carbons (Fsp3) is 0.238. The number of amides is 1. The monoisotopic (exact) mass is 406 g/mol. The van der Waals surface area contributed by atoms with E-state index < -0.39 is 0 Å². The van der Waals surface area contributed by atoms with Gasteiger partial charge in [-0.05, 0) is 42.7 Å². The number of H-pyrrole nitrogens is 2. The minimum atomic E-state index is -0.281. The lowest BCUT2D eigenvalue weighted by atomic mass is 10.0. The highest BCUT2D eigenvalue weighted by atomic mass is 16.2. The van der Waals surface area contributed by atoms with Crippen LogP contribution in [0.4, 0.5) is 0 Å². The van der Waals surface area contributed by atoms with Crippen molar-refractivity contribution in [3.05, 3.63) is 80.1 Å². The average molecular weight is 406 g/mol. The molecule has 0 spiro atoms. The van der Waals surface area contributed by atoms with Crippen molar-refractivity contribution in [1.29, 1.82) is 0 Å². The maximum absolute atomic E-state index is 12.4. The Bertz CT molecular complexity index is 1310. The molecule has 1 amide bonds. The second kappa shape index (κ2) is 7.86. The van der Waals surface area contributed by atoms with Crippen LogP contribution < -0.4 is 16.4 Å². The van der Waals surface area contributed by atoms with E-state index in [4.69, 9.17) is 0 Å². The van der Waals surface area contributed by atoms with Crippen LogP contribution in [0.3, 0.4) is 0 Å². The predicted octanol–water partition coefficient (Wildman–Crippen LogP) is 1.30. The highest BCUT2D eigenvalue weighted by Crippen LogP contribution is 2.14. The number of hydrogen-bond acceptors (Lipinski definition) is 4. The maximum atomic E-state index is 12.4. The van der Waals surface area contributed by atoms with Gasteiger partial charge in [0.05, 0.1) is 11.1 Å². The van der Waals surface area contributed by atoms with Gasteiger partial charge in [0.1, 0.15) is 5.65 Å². The highest BCUT2D eigenvalue weighted by Gasteiger charge is 2.15. The van der Waals surface area contributed by atoms with Crippen molar-refractivity contribution in [2.75, 3.05) is 0 Å². The minimum absolute atomic E-state index is 0.158. The Morgan fingerprint density at radius 1 is 1.17 bits per heavy atom. The van der Waals surface area contributed by atoms with Crippen LogP contribution in [0.5, 0.6) is 0 Å². The van der Waals surface area contributed by atoms with Crippen LogP contribution in [-0.4, -0.2) is 30.5 Å². The third kappa shape index (κ3) is 3.69. The van der Waals surface area contributed by atoms with Gasteiger partial charge in [0.25, 0.3) is 11.1 Å². The van der Waals surface area contributed by atoms with Gasteiger partial charge in [-0.25, -0.2) is 4.68 Å². The molecule has 0 radical (unpaired) electrons. The van der Waals surface area contributed by atoms with Crippen LogP contribution in [0, 0.1) is 6.92 Å². The molecule has 154 valence electrons. The summed E-state index contributed by atoms with van der Waals surface area (Å²) in [5, 5.41) is 10.1. The molecule has 0 bridgehead atoms. The highest BCUT2D eigenvalue weighted by molar-refractivity contribution is 5.80. The van der Waals surface area contributed by atoms with Crippen LogP contribution >= 0.6 is 0 Å². The summed E-state index contributed by atoms with van der Waals surface area (Å²) in [7, 11) is 1.66. The van der Waals surface area contributed by atoms with Crippen LogP contribution in [0.25, 0.3) is 16.7 Å². The number of rotatable bonds is 6. The molecular weight excluding hydrogens is 384 g/mol. The number of aryl methyl sites for hydroxylation is 2. The normalized spacial score (nSPS) is 11.1. The summed E-state index contributed by atoms with van der Waals surface area (Å²) in [5.74, 6) is -0.160. The van der Waals surface area contributed by atoms with Crippen molar-refractivity contribution in [2.45, 2.75) is 26.3 Å². The first-order chi connectivity index (χ1) is 14.4. The zero-order valence-corrected chi connectivity index (χ0v) is 16.7. The topological polar surface area (TPSA) is 118 Å². The molecule has 4 rings (SSSR count). The van der Waals surface area contributed by atoms with Crippen LogP contribution in [0.15, 0.2) is 52.3 Å². The summed E-state index contributed by atoms with van der Waals surface area (Å²) in [6.45, 7) is 2.13. The first-order valence-corrected chi connectivity index (χ1v) is 9.60. The second-order valence-corrected chi connectivity index (χ2v) is 7.18. The van der Waals surface area contributed by atoms with Gasteiger partial charge in [-0.15, -0.1) is 0 Å². The molecule has 0 aliphatic rings. The first-order valence-electron chi connectivity index (χ1n) is 9.60. The summed E-state index contributed by atoms with van der Waals surface area (Å²) in [6.07, 6.45) is 3.99. The number of nitrogens with one attached hydrogen (secondary N) is 3. The Morgan fingerprint density at radius 3 is 2.63 bits per heavy atom. The fourth-order valence-electron chi connectivity index (χ4n) is 3.55. The molecule has 0 saturated heterocycles. The van der Waals surface area contributed by atoms with Crippen LogP contribution in [-0.2, 0) is 24.8 Å². The SMILES string of the molecule is Cc1c(CCC(=O)NCc2ccc(-n3cccn3)cc2)c(=O)[nH]c2c1c(=O)[nH]n2C. The lowest BCUT2D eigenvalue weighted by Gasteiger charge is -2.08. The minimum Gasteiger partial charge on any atom is -0.352 e. The molecule has 4 aromatic rings. The van der Waals surface area contributed by atoms with Gasteiger partial charge in [-0.2, -0.15) is 5.10 Å². The molecule has 1 aromatic carbocycles. The second-order valence-electron chi connectivity index (χ2n) is 7.18. The smallest absolute Gasteiger partial charge is 0.273 e. The Balaban J connectivity index is 1.39. The molecule has 0 unspecified atom stereocenters. The third-order valence-corrected chi connectivity index (χ3v) is 5.20. The Labute approximate surface area is 171 Å². The van der Waals surface area contributed by atoms with E-state index in [9.17, 15) is 14.4 Å². The van der Waals surface area contributed by atoms with Crippen LogP contribution in [0.2, 0.25) is 0 Å². The van der Waals surface area contributed by atoms with E-state index in [1.54, 1.807) is 24.9 Å². The summed E-state index contributed by atoms with van der Waals surface area (Å²) < 4.78 is 3.25. The fourth-order valence-corrected chi connectivity index (χ4v) is 3.55. The number of nitrogens with zero attached hydrogens (tertiary/aromatic N) is 3. The van der Waals surface area contributed by atoms with Crippen molar-refractivity contribution < 1.29 is 4.79 Å². The van der Waals surface area contributed by atoms with Crippen molar-refractivity contribution in [3.63, 3.8) is 0 Å². The zero-order chi connectivity index (χ0) is 21.3. The van der Waals surface area contributed by atoms with Gasteiger partial charge in [0.15, 0.2) is 0 Å². The molecule has 30 heavy (non-hydrogen) atoms. The average Bonchev–Trinajstić information content (AvgIpc) is 3.35. The van der Waals surface area contributed by atoms with E-state index in [1.165, 1.54) is 4.68 Å². The standard InChI is InChI=1S/C21H22N6O3/c1-13-16(20(29)24-19-18(13)21(30)25-26(19)2)8-9-17(28)22-12-14-4-6-15(7-5-14)27-11-3-10-23-27/h3-7,10-11H,8-9,12H2,1-2H3,(H,22,28)(H,24,29)(H,25,30). The molecule has 0 atom stereocenters. The number of pyridine rings is 1. The Morgan fingerprint density at radius 2 is 1.93 bits per heavy atom. The van der Waals surface area contributed by atoms with E-state index in [0.717, 1.165) is 11.3 Å². The summed E-state index contributed by atoms with van der Waals surface area (Å²) >= 11 is 0. The number of aromatic nitrogens is 5. The number of hydrogen-bond donors (Lipinski definition) is 3. The molecular formula is C21H22N6O3. The summed E-state index contributed by atoms with van der Waals surface area (Å²) in [6, 6.07) is 9.59. The van der Waals surface area contributed by atoms with Crippen molar-refractivity contribution in [1.82, 2.24) is 29.9 Å². The number of carbonyl (C=O) groups excluding carboxylic acids is 1. The number of benzene rings is 1. The van der Waals surface area contributed by atoms with Gasteiger partial charge in [-0.1, -0.05) is 12.1 Å². The molecule has 3 heterocycles. The van der Waals surface area contributed by atoms with Gasteiger partial charge in [0, 0.05) is 38.0 Å². The van der Waals surface area contributed by atoms with E-state index in [-0.39, 0.29) is 29.9 Å². The van der Waals surface area contributed by atoms with Crippen LogP contribution in [0.1, 0.15) is 23.1 Å². The van der Waals surface area contributed by atoms with Crippen molar-refractivity contribution in [2.24, 2.45) is 7.05 Å². The van der Waals surface area contributed by atoms with Gasteiger partial charge in [0.2, 0.25) is 5.91 Å². The lowest BCUT2D eigenvalue weighted by molar-refractivity contribution is -0.121. The van der Waals surface area contributed by atoms with E-state index in [2.05, 4.69) is 20.5 Å². The quantitative estimate of drug-likeness (QED) is 0.447. The molecule has 0 aliphatic carbocycles. The third-order valence-electron chi connectivity index (χ3n) is 5.20. The maximum Gasteiger partial charge on any atom is 0.273 e. The van der Waals surface area contributed by atoms with E-state index >= 15 is 0 Å². The number of carbonyl (C=O) groups is 1.